The zero-order valence-electron chi connectivity index (χ0n) is 10.9. The Kier molecular flexibility index (Phi) is 4.18. The van der Waals surface area contributed by atoms with Crippen molar-refractivity contribution in [3.8, 4) is 0 Å². The number of carbonyl (C=O) groups excluding carboxylic acids is 1. The monoisotopic (exact) mass is 286 g/mol. The summed E-state index contributed by atoms with van der Waals surface area (Å²) in [5.41, 5.74) is 0. The van der Waals surface area contributed by atoms with Gasteiger partial charge in [0.25, 0.3) is 0 Å². The van der Waals surface area contributed by atoms with Crippen LogP contribution in [0.1, 0.15) is 25.8 Å². The van der Waals surface area contributed by atoms with Crippen molar-refractivity contribution in [1.82, 2.24) is 19.7 Å². The molecular formula is C11H18N4O3S. The highest BCUT2D eigenvalue weighted by Gasteiger charge is 2.27. The molecule has 1 amide bonds. The fourth-order valence-corrected chi connectivity index (χ4v) is 2.95. The molecule has 2 rings (SSSR count). The van der Waals surface area contributed by atoms with Crippen LogP contribution in [0.15, 0.2) is 12.7 Å². The van der Waals surface area contributed by atoms with Gasteiger partial charge in [-0.1, -0.05) is 6.92 Å². The Morgan fingerprint density at radius 2 is 2.26 bits per heavy atom. The van der Waals surface area contributed by atoms with Crippen LogP contribution in [0.3, 0.4) is 0 Å². The number of hydrogen-bond acceptors (Lipinski definition) is 5. The molecule has 1 saturated heterocycles. The molecule has 0 spiro atoms. The van der Waals surface area contributed by atoms with Gasteiger partial charge in [-0.05, 0) is 12.8 Å². The first-order valence-corrected chi connectivity index (χ1v) is 8.16. The van der Waals surface area contributed by atoms with E-state index in [9.17, 15) is 13.2 Å². The third-order valence-electron chi connectivity index (χ3n) is 3.34. The van der Waals surface area contributed by atoms with E-state index < -0.39 is 15.6 Å². The van der Waals surface area contributed by atoms with E-state index in [1.54, 1.807) is 22.8 Å². The molecule has 1 aromatic heterocycles. The third-order valence-corrected chi connectivity index (χ3v) is 4.91. The second kappa shape index (κ2) is 5.68. The van der Waals surface area contributed by atoms with Crippen molar-refractivity contribution in [2.45, 2.75) is 25.8 Å². The van der Waals surface area contributed by atoms with E-state index in [0.29, 0.717) is 13.1 Å². The highest BCUT2D eigenvalue weighted by molar-refractivity contribution is 7.92. The van der Waals surface area contributed by atoms with E-state index in [1.807, 2.05) is 0 Å². The lowest BCUT2D eigenvalue weighted by Crippen LogP contribution is -2.43. The van der Waals surface area contributed by atoms with E-state index in [-0.39, 0.29) is 17.7 Å². The quantitative estimate of drug-likeness (QED) is 0.770. The molecule has 1 fully saturated rings. The Balaban J connectivity index is 1.99. The van der Waals surface area contributed by atoms with Gasteiger partial charge in [0.2, 0.25) is 5.91 Å². The fraction of sp³-hybridized carbons (Fsp3) is 0.727. The molecule has 2 heterocycles. The Hall–Kier alpha value is -1.44. The first kappa shape index (κ1) is 14.0. The van der Waals surface area contributed by atoms with Crippen LogP contribution in [0, 0.1) is 0 Å². The summed E-state index contributed by atoms with van der Waals surface area (Å²) in [4.78, 5) is 17.5. The largest absolute Gasteiger partial charge is 0.340 e. The molecule has 1 aliphatic heterocycles. The lowest BCUT2D eigenvalue weighted by Gasteiger charge is -2.32. The molecule has 0 N–H and O–H groups in total. The summed E-state index contributed by atoms with van der Waals surface area (Å²) < 4.78 is 24.7. The van der Waals surface area contributed by atoms with Crippen LogP contribution in [0.5, 0.6) is 0 Å². The molecule has 0 saturated carbocycles. The minimum absolute atomic E-state index is 0.000908. The summed E-state index contributed by atoms with van der Waals surface area (Å²) in [6, 6.07) is 0.0875. The topological polar surface area (TPSA) is 85.2 Å². The highest BCUT2D eigenvalue weighted by Crippen LogP contribution is 2.20. The average Bonchev–Trinajstić information content (AvgIpc) is 2.92. The maximum Gasteiger partial charge on any atom is 0.237 e. The summed E-state index contributed by atoms with van der Waals surface area (Å²) in [5, 5.41) is 4.07. The molecule has 0 bridgehead atoms. The maximum absolute atomic E-state index is 12.0. The number of aromatic nitrogens is 3. The van der Waals surface area contributed by atoms with E-state index in [0.717, 1.165) is 12.8 Å². The van der Waals surface area contributed by atoms with Gasteiger partial charge in [0.1, 0.15) is 18.4 Å². The van der Waals surface area contributed by atoms with Crippen LogP contribution >= 0.6 is 0 Å². The zero-order chi connectivity index (χ0) is 13.9. The number of likely N-dealkylation sites (tertiary alicyclic amines) is 1. The van der Waals surface area contributed by atoms with Crippen molar-refractivity contribution in [3.05, 3.63) is 12.7 Å². The van der Waals surface area contributed by atoms with Crippen molar-refractivity contribution < 1.29 is 13.2 Å². The number of hydrogen-bond donors (Lipinski definition) is 0. The lowest BCUT2D eigenvalue weighted by atomic mass is 10.1. The first-order valence-electron chi connectivity index (χ1n) is 6.34. The number of piperidine rings is 1. The van der Waals surface area contributed by atoms with Crippen molar-refractivity contribution in [2.75, 3.05) is 24.6 Å². The Morgan fingerprint density at radius 1 is 1.47 bits per heavy atom. The van der Waals surface area contributed by atoms with Crippen LogP contribution in [0.2, 0.25) is 0 Å². The van der Waals surface area contributed by atoms with E-state index in [2.05, 4.69) is 10.1 Å². The van der Waals surface area contributed by atoms with E-state index in [1.165, 1.54) is 6.33 Å². The molecule has 0 aromatic carbocycles. The molecule has 8 heteroatoms. The van der Waals surface area contributed by atoms with Gasteiger partial charge in [0.05, 0.1) is 6.04 Å². The van der Waals surface area contributed by atoms with Crippen molar-refractivity contribution in [1.29, 1.82) is 0 Å². The van der Waals surface area contributed by atoms with Gasteiger partial charge in [-0.2, -0.15) is 5.10 Å². The highest BCUT2D eigenvalue weighted by atomic mass is 32.2. The molecule has 19 heavy (non-hydrogen) atoms. The van der Waals surface area contributed by atoms with Gasteiger partial charge in [-0.15, -0.1) is 0 Å². The standard InChI is InChI=1S/C11H18N4O3S/c1-2-19(17,18)7-11(16)14-5-3-4-10(6-14)15-9-12-8-13-15/h8-10H,2-7H2,1H3/t10-/m0/s1. The summed E-state index contributed by atoms with van der Waals surface area (Å²) in [6.07, 6.45) is 4.86. The number of rotatable bonds is 4. The second-order valence-electron chi connectivity index (χ2n) is 4.69. The molecule has 1 aromatic rings. The Labute approximate surface area is 112 Å². The van der Waals surface area contributed by atoms with Gasteiger partial charge >= 0.3 is 0 Å². The van der Waals surface area contributed by atoms with Gasteiger partial charge in [-0.3, -0.25) is 4.79 Å². The van der Waals surface area contributed by atoms with Crippen LogP contribution in [0.25, 0.3) is 0 Å². The average molecular weight is 286 g/mol. The maximum atomic E-state index is 12.0. The predicted molar refractivity (Wildman–Crippen MR) is 69.2 cm³/mol. The van der Waals surface area contributed by atoms with Crippen molar-refractivity contribution >= 4 is 15.7 Å². The number of carbonyl (C=O) groups is 1. The molecule has 1 aliphatic rings. The zero-order valence-corrected chi connectivity index (χ0v) is 11.7. The SMILES string of the molecule is CCS(=O)(=O)CC(=O)N1CCC[C@H](n2cncn2)C1. The minimum atomic E-state index is -3.27. The smallest absolute Gasteiger partial charge is 0.237 e. The van der Waals surface area contributed by atoms with Crippen LogP contribution in [-0.4, -0.2) is 58.6 Å². The predicted octanol–water partition coefficient (Wildman–Crippen LogP) is -0.124. The van der Waals surface area contributed by atoms with Crippen molar-refractivity contribution in [3.63, 3.8) is 0 Å². The van der Waals surface area contributed by atoms with Gasteiger partial charge in [0.15, 0.2) is 9.84 Å². The van der Waals surface area contributed by atoms with Crippen molar-refractivity contribution in [2.24, 2.45) is 0 Å². The van der Waals surface area contributed by atoms with E-state index >= 15 is 0 Å². The van der Waals surface area contributed by atoms with Crippen LogP contribution in [0.4, 0.5) is 0 Å². The molecule has 1 atom stereocenters. The van der Waals surface area contributed by atoms with Gasteiger partial charge in [-0.25, -0.2) is 18.1 Å². The Morgan fingerprint density at radius 3 is 2.89 bits per heavy atom. The van der Waals surface area contributed by atoms with E-state index in [4.69, 9.17) is 0 Å². The summed E-state index contributed by atoms with van der Waals surface area (Å²) >= 11 is 0. The number of amides is 1. The second-order valence-corrected chi connectivity index (χ2v) is 7.04. The van der Waals surface area contributed by atoms with Crippen LogP contribution < -0.4 is 0 Å². The van der Waals surface area contributed by atoms with Gasteiger partial charge < -0.3 is 4.90 Å². The molecule has 0 aliphatic carbocycles. The molecule has 7 nitrogen and oxygen atoms in total. The van der Waals surface area contributed by atoms with Crippen LogP contribution in [-0.2, 0) is 14.6 Å². The van der Waals surface area contributed by atoms with Gasteiger partial charge in [0, 0.05) is 18.8 Å². The number of sulfone groups is 1. The molecule has 0 radical (unpaired) electrons. The molecule has 106 valence electrons. The number of nitrogens with zero attached hydrogens (tertiary/aromatic N) is 4. The first-order chi connectivity index (χ1) is 9.02. The normalized spacial score (nSPS) is 20.5. The Bertz CT molecular complexity index is 526. The summed E-state index contributed by atoms with van der Waals surface area (Å²) in [5.74, 6) is -0.709. The molecular weight excluding hydrogens is 268 g/mol. The summed E-state index contributed by atoms with van der Waals surface area (Å²) in [6.45, 7) is 2.67. The third kappa shape index (κ3) is 3.52. The summed E-state index contributed by atoms with van der Waals surface area (Å²) in [7, 11) is -3.27. The lowest BCUT2D eigenvalue weighted by molar-refractivity contribution is -0.130. The molecule has 0 unspecified atom stereocenters. The minimum Gasteiger partial charge on any atom is -0.340 e. The fourth-order valence-electron chi connectivity index (χ4n) is 2.18.